The molecular formula is C24H24N4O2S. The van der Waals surface area contributed by atoms with Crippen molar-refractivity contribution >= 4 is 33.5 Å². The zero-order valence-electron chi connectivity index (χ0n) is 17.2. The van der Waals surface area contributed by atoms with Crippen molar-refractivity contribution in [1.82, 2.24) is 20.1 Å². The van der Waals surface area contributed by atoms with Crippen LogP contribution in [0.5, 0.6) is 0 Å². The van der Waals surface area contributed by atoms with Crippen molar-refractivity contribution in [2.75, 3.05) is 13.2 Å². The van der Waals surface area contributed by atoms with Gasteiger partial charge in [0.05, 0.1) is 22.9 Å². The summed E-state index contributed by atoms with van der Waals surface area (Å²) in [6, 6.07) is 16.1. The number of thiazole rings is 1. The van der Waals surface area contributed by atoms with Crippen molar-refractivity contribution in [3.63, 3.8) is 0 Å². The van der Waals surface area contributed by atoms with Gasteiger partial charge in [-0.25, -0.2) is 14.7 Å². The monoisotopic (exact) mass is 432 g/mol. The Bertz CT molecular complexity index is 1160. The first-order valence-corrected chi connectivity index (χ1v) is 11.8. The molecule has 3 aliphatic rings. The molecule has 6 nitrogen and oxygen atoms in total. The van der Waals surface area contributed by atoms with E-state index in [0.29, 0.717) is 13.1 Å². The Morgan fingerprint density at radius 3 is 2.84 bits per heavy atom. The van der Waals surface area contributed by atoms with Crippen LogP contribution in [0.25, 0.3) is 10.2 Å². The summed E-state index contributed by atoms with van der Waals surface area (Å²) in [4.78, 5) is 35.1. The molecule has 31 heavy (non-hydrogen) atoms. The molecule has 2 atom stereocenters. The van der Waals surface area contributed by atoms with E-state index >= 15 is 0 Å². The molecule has 2 aromatic carbocycles. The number of aryl methyl sites for hydroxylation is 1. The fourth-order valence-electron chi connectivity index (χ4n) is 5.43. The van der Waals surface area contributed by atoms with E-state index in [4.69, 9.17) is 4.98 Å². The summed E-state index contributed by atoms with van der Waals surface area (Å²) in [6.45, 7) is 1.18. The second-order valence-corrected chi connectivity index (χ2v) is 9.77. The molecule has 1 N–H and O–H groups in total. The zero-order chi connectivity index (χ0) is 21.0. The number of benzene rings is 2. The van der Waals surface area contributed by atoms with E-state index < -0.39 is 5.54 Å². The van der Waals surface area contributed by atoms with Gasteiger partial charge in [0.25, 0.3) is 5.91 Å². The number of rotatable bonds is 3. The lowest BCUT2D eigenvalue weighted by atomic mass is 9.76. The molecule has 158 valence electrons. The van der Waals surface area contributed by atoms with E-state index in [0.717, 1.165) is 53.9 Å². The minimum absolute atomic E-state index is 0.111. The Morgan fingerprint density at radius 2 is 1.94 bits per heavy atom. The van der Waals surface area contributed by atoms with Gasteiger partial charge in [-0.05, 0) is 55.4 Å². The number of fused-ring (bicyclic) bond motifs is 3. The topological polar surface area (TPSA) is 65.5 Å². The summed E-state index contributed by atoms with van der Waals surface area (Å²) in [5.74, 6) is -0.111. The summed E-state index contributed by atoms with van der Waals surface area (Å²) in [7, 11) is 0. The molecule has 3 heterocycles. The van der Waals surface area contributed by atoms with Gasteiger partial charge in [-0.1, -0.05) is 36.4 Å². The molecule has 1 aliphatic carbocycles. The predicted molar refractivity (Wildman–Crippen MR) is 120 cm³/mol. The number of hydrogen-bond donors (Lipinski definition) is 1. The number of para-hydroxylation sites is 1. The molecule has 0 bridgehead atoms. The van der Waals surface area contributed by atoms with Gasteiger partial charge in [0.15, 0.2) is 0 Å². The third-order valence-electron chi connectivity index (χ3n) is 6.93. The summed E-state index contributed by atoms with van der Waals surface area (Å²) >= 11 is 1.71. The first-order chi connectivity index (χ1) is 15.2. The number of carbonyl (C=O) groups excluding carboxylic acids is 2. The van der Waals surface area contributed by atoms with Gasteiger partial charge in [-0.15, -0.1) is 11.3 Å². The van der Waals surface area contributed by atoms with Crippen molar-refractivity contribution in [1.29, 1.82) is 0 Å². The molecule has 2 aliphatic heterocycles. The highest BCUT2D eigenvalue weighted by Gasteiger charge is 2.54. The van der Waals surface area contributed by atoms with Crippen LogP contribution in [0.3, 0.4) is 0 Å². The van der Waals surface area contributed by atoms with Crippen LogP contribution in [0.1, 0.15) is 47.9 Å². The Balaban J connectivity index is 1.28. The fourth-order valence-corrected chi connectivity index (χ4v) is 6.57. The number of imide groups is 1. The lowest BCUT2D eigenvalue weighted by Gasteiger charge is -2.33. The largest absolute Gasteiger partial charge is 0.326 e. The maximum Gasteiger partial charge on any atom is 0.326 e. The second-order valence-electron chi connectivity index (χ2n) is 8.71. The molecule has 1 spiro atoms. The molecule has 3 aromatic rings. The van der Waals surface area contributed by atoms with Crippen LogP contribution in [-0.4, -0.2) is 39.9 Å². The van der Waals surface area contributed by atoms with Crippen molar-refractivity contribution in [2.45, 2.75) is 43.7 Å². The number of amides is 3. The molecule has 6 rings (SSSR count). The summed E-state index contributed by atoms with van der Waals surface area (Å²) in [5, 5.41) is 4.15. The highest BCUT2D eigenvalue weighted by Crippen LogP contribution is 2.41. The first-order valence-electron chi connectivity index (χ1n) is 11.0. The van der Waals surface area contributed by atoms with Crippen molar-refractivity contribution in [3.8, 4) is 0 Å². The fraction of sp³-hybridized carbons (Fsp3) is 0.375. The summed E-state index contributed by atoms with van der Waals surface area (Å²) in [6.07, 6.45) is 4.55. The van der Waals surface area contributed by atoms with Gasteiger partial charge in [0, 0.05) is 6.54 Å². The Kier molecular flexibility index (Phi) is 4.36. The minimum Gasteiger partial charge on any atom is -0.319 e. The minimum atomic E-state index is -0.906. The van der Waals surface area contributed by atoms with Gasteiger partial charge in [0.1, 0.15) is 10.5 Å². The molecule has 2 saturated heterocycles. The Morgan fingerprint density at radius 1 is 1.10 bits per heavy atom. The maximum absolute atomic E-state index is 13.6. The van der Waals surface area contributed by atoms with Gasteiger partial charge in [-0.3, -0.25) is 9.69 Å². The number of urea groups is 1. The molecule has 0 radical (unpaired) electrons. The molecule has 0 unspecified atom stereocenters. The van der Waals surface area contributed by atoms with E-state index in [-0.39, 0.29) is 18.0 Å². The van der Waals surface area contributed by atoms with Crippen LogP contribution in [0.4, 0.5) is 4.79 Å². The quantitative estimate of drug-likeness (QED) is 0.631. The zero-order valence-corrected chi connectivity index (χ0v) is 18.0. The summed E-state index contributed by atoms with van der Waals surface area (Å²) < 4.78 is 1.18. The van der Waals surface area contributed by atoms with E-state index in [9.17, 15) is 9.59 Å². The number of aromatic nitrogens is 1. The van der Waals surface area contributed by atoms with E-state index in [1.165, 1.54) is 9.60 Å². The maximum atomic E-state index is 13.6. The Labute approximate surface area is 184 Å². The normalized spacial score (nSPS) is 26.1. The smallest absolute Gasteiger partial charge is 0.319 e. The van der Waals surface area contributed by atoms with Gasteiger partial charge in [-0.2, -0.15) is 0 Å². The van der Waals surface area contributed by atoms with Crippen LogP contribution in [0, 0.1) is 0 Å². The van der Waals surface area contributed by atoms with Gasteiger partial charge < -0.3 is 5.32 Å². The third kappa shape index (κ3) is 2.91. The second kappa shape index (κ2) is 7.14. The predicted octanol–water partition coefficient (Wildman–Crippen LogP) is 4.17. The van der Waals surface area contributed by atoms with E-state index in [1.54, 1.807) is 11.3 Å². The first kappa shape index (κ1) is 19.0. The lowest BCUT2D eigenvalue weighted by molar-refractivity contribution is -0.133. The number of hydrogen-bond acceptors (Lipinski definition) is 5. The highest BCUT2D eigenvalue weighted by molar-refractivity contribution is 7.18. The number of likely N-dealkylation sites (tertiary alicyclic amines) is 1. The van der Waals surface area contributed by atoms with Crippen LogP contribution >= 0.6 is 11.3 Å². The van der Waals surface area contributed by atoms with Crippen molar-refractivity contribution in [3.05, 3.63) is 64.7 Å². The molecule has 3 amide bonds. The average Bonchev–Trinajstić information content (AvgIpc) is 3.48. The SMILES string of the molecule is O=C1N[C@]2(CCCc3ccccc32)C(=O)N1CN1CCC[C@@H]1c1nc2ccccc2s1. The molecule has 0 saturated carbocycles. The Hall–Kier alpha value is -2.77. The van der Waals surface area contributed by atoms with Crippen molar-refractivity contribution in [2.24, 2.45) is 0 Å². The number of nitrogens with one attached hydrogen (secondary N) is 1. The van der Waals surface area contributed by atoms with Gasteiger partial charge in [0.2, 0.25) is 0 Å². The van der Waals surface area contributed by atoms with Crippen LogP contribution < -0.4 is 5.32 Å². The van der Waals surface area contributed by atoms with Crippen LogP contribution in [-0.2, 0) is 16.8 Å². The molecule has 7 heteroatoms. The molecule has 2 fully saturated rings. The lowest BCUT2D eigenvalue weighted by Crippen LogP contribution is -2.47. The van der Waals surface area contributed by atoms with Crippen LogP contribution in [0.2, 0.25) is 0 Å². The van der Waals surface area contributed by atoms with Crippen molar-refractivity contribution < 1.29 is 9.59 Å². The van der Waals surface area contributed by atoms with Crippen LogP contribution in [0.15, 0.2) is 48.5 Å². The summed E-state index contributed by atoms with van der Waals surface area (Å²) in [5.41, 5.74) is 2.24. The third-order valence-corrected chi connectivity index (χ3v) is 8.07. The van der Waals surface area contributed by atoms with E-state index in [1.807, 2.05) is 36.4 Å². The van der Waals surface area contributed by atoms with E-state index in [2.05, 4.69) is 22.3 Å². The molecular weight excluding hydrogens is 408 g/mol. The highest BCUT2D eigenvalue weighted by atomic mass is 32.1. The average molecular weight is 433 g/mol. The number of carbonyl (C=O) groups is 2. The molecule has 1 aromatic heterocycles. The number of nitrogens with zero attached hydrogens (tertiary/aromatic N) is 3. The van der Waals surface area contributed by atoms with Gasteiger partial charge >= 0.3 is 6.03 Å². The standard InChI is InChI=1S/C24H24N4O2S/c29-22-24(13-5-8-16-7-1-2-9-17(16)24)26-23(30)28(22)15-27-14-6-11-19(27)21-25-18-10-3-4-12-20(18)31-21/h1-4,7,9-10,12,19H,5-6,8,11,13-15H2,(H,26,30)/t19-,24+/m1/s1.